The minimum absolute atomic E-state index is 0.237. The normalized spacial score (nSPS) is 17.1. The van der Waals surface area contributed by atoms with E-state index in [0.717, 1.165) is 16.7 Å². The smallest absolute Gasteiger partial charge is 0.128 e. The molecule has 0 bridgehead atoms. The maximum absolute atomic E-state index is 9.37. The van der Waals surface area contributed by atoms with Gasteiger partial charge in [-0.05, 0) is 30.9 Å². The van der Waals surface area contributed by atoms with Crippen LogP contribution in [0.2, 0.25) is 0 Å². The Morgan fingerprint density at radius 1 is 1.27 bits per heavy atom. The third-order valence-electron chi connectivity index (χ3n) is 4.64. The summed E-state index contributed by atoms with van der Waals surface area (Å²) in [5.74, 6) is 1.37. The third-order valence-corrected chi connectivity index (χ3v) is 4.64. The fourth-order valence-electron chi connectivity index (χ4n) is 3.44. The van der Waals surface area contributed by atoms with Gasteiger partial charge in [0.25, 0.3) is 0 Å². The Kier molecular flexibility index (Phi) is 4.55. The lowest BCUT2D eigenvalue weighted by Gasteiger charge is -2.30. The molecule has 0 radical (unpaired) electrons. The monoisotopic (exact) mass is 294 g/mol. The van der Waals surface area contributed by atoms with Gasteiger partial charge in [-0.2, -0.15) is 5.26 Å². The average molecular weight is 294 g/mol. The Bertz CT molecular complexity index is 683. The Balaban J connectivity index is 1.87. The van der Waals surface area contributed by atoms with E-state index < -0.39 is 0 Å². The molecule has 22 heavy (non-hydrogen) atoms. The maximum atomic E-state index is 9.37. The van der Waals surface area contributed by atoms with Crippen molar-refractivity contribution in [1.82, 2.24) is 4.98 Å². The zero-order valence-corrected chi connectivity index (χ0v) is 12.8. The second-order valence-corrected chi connectivity index (χ2v) is 6.07. The molecule has 2 aromatic rings. The molecule has 0 saturated heterocycles. The molecule has 1 fully saturated rings. The van der Waals surface area contributed by atoms with E-state index in [1.165, 1.54) is 32.1 Å². The number of nitriles is 1. The van der Waals surface area contributed by atoms with E-state index in [-0.39, 0.29) is 6.04 Å². The summed E-state index contributed by atoms with van der Waals surface area (Å²) < 4.78 is 0. The molecule has 1 atom stereocenters. The maximum Gasteiger partial charge on any atom is 0.128 e. The zero-order chi connectivity index (χ0) is 15.4. The second kappa shape index (κ2) is 6.76. The van der Waals surface area contributed by atoms with E-state index in [4.69, 9.17) is 5.73 Å². The summed E-state index contributed by atoms with van der Waals surface area (Å²) in [7, 11) is 0. The molecule has 4 heteroatoms. The molecule has 1 heterocycles. The minimum atomic E-state index is 0.237. The van der Waals surface area contributed by atoms with Gasteiger partial charge in [0.2, 0.25) is 0 Å². The lowest BCUT2D eigenvalue weighted by molar-refractivity contribution is 0.320. The quantitative estimate of drug-likeness (QED) is 0.906. The zero-order valence-electron chi connectivity index (χ0n) is 12.8. The van der Waals surface area contributed by atoms with E-state index >= 15 is 0 Å². The molecule has 1 aromatic heterocycles. The van der Waals surface area contributed by atoms with Crippen molar-refractivity contribution < 1.29 is 0 Å². The van der Waals surface area contributed by atoms with Gasteiger partial charge < -0.3 is 11.1 Å². The Morgan fingerprint density at radius 3 is 2.77 bits per heavy atom. The Labute approximate surface area is 131 Å². The summed E-state index contributed by atoms with van der Waals surface area (Å²) >= 11 is 0. The van der Waals surface area contributed by atoms with Crippen molar-refractivity contribution in [1.29, 1.82) is 5.26 Å². The van der Waals surface area contributed by atoms with Gasteiger partial charge in [0.15, 0.2) is 0 Å². The highest BCUT2D eigenvalue weighted by Gasteiger charge is 2.23. The topological polar surface area (TPSA) is 74.7 Å². The van der Waals surface area contributed by atoms with E-state index in [9.17, 15) is 5.26 Å². The molecule has 1 saturated carbocycles. The van der Waals surface area contributed by atoms with Gasteiger partial charge >= 0.3 is 0 Å². The number of hydrogen-bond acceptors (Lipinski definition) is 4. The van der Waals surface area contributed by atoms with Crippen molar-refractivity contribution in [3.8, 4) is 6.07 Å². The number of fused-ring (bicyclic) bond motifs is 1. The third kappa shape index (κ3) is 3.05. The number of rotatable bonds is 4. The van der Waals surface area contributed by atoms with Gasteiger partial charge in [-0.3, -0.25) is 0 Å². The van der Waals surface area contributed by atoms with Crippen molar-refractivity contribution >= 4 is 16.7 Å². The van der Waals surface area contributed by atoms with Crippen LogP contribution in [0.15, 0.2) is 30.3 Å². The first-order valence-electron chi connectivity index (χ1n) is 8.08. The predicted octanol–water partition coefficient (Wildman–Crippen LogP) is 3.43. The van der Waals surface area contributed by atoms with E-state index in [1.54, 1.807) is 0 Å². The summed E-state index contributed by atoms with van der Waals surface area (Å²) in [6, 6.07) is 12.1. The molecular weight excluding hydrogens is 272 g/mol. The van der Waals surface area contributed by atoms with Crippen LogP contribution in [0.25, 0.3) is 10.9 Å². The number of nitrogens with one attached hydrogen (secondary N) is 1. The van der Waals surface area contributed by atoms with E-state index in [1.807, 2.05) is 30.3 Å². The molecule has 0 spiro atoms. The molecule has 0 amide bonds. The van der Waals surface area contributed by atoms with Crippen LogP contribution in [0.4, 0.5) is 5.82 Å². The molecule has 1 aliphatic rings. The van der Waals surface area contributed by atoms with E-state index in [2.05, 4.69) is 16.4 Å². The molecule has 1 aliphatic carbocycles. The lowest BCUT2D eigenvalue weighted by Crippen LogP contribution is -2.37. The fraction of sp³-hybridized carbons (Fsp3) is 0.444. The molecule has 1 aromatic carbocycles. The molecule has 114 valence electrons. The van der Waals surface area contributed by atoms with Crippen molar-refractivity contribution in [3.05, 3.63) is 35.9 Å². The highest BCUT2D eigenvalue weighted by molar-refractivity contribution is 5.86. The Hall–Kier alpha value is -2.12. The standard InChI is InChI=1S/C18H22N4/c19-11-14-10-18(21-16-9-5-4-8-15(14)16)22-17(12-20)13-6-2-1-3-7-13/h4-5,8-10,13,17H,1-3,6-7,12,20H2,(H,21,22). The van der Waals surface area contributed by atoms with Gasteiger partial charge in [0, 0.05) is 18.0 Å². The molecule has 1 unspecified atom stereocenters. The number of nitrogens with zero attached hydrogens (tertiary/aromatic N) is 2. The van der Waals surface area contributed by atoms with Crippen molar-refractivity contribution in [2.45, 2.75) is 38.1 Å². The second-order valence-electron chi connectivity index (χ2n) is 6.07. The van der Waals surface area contributed by atoms with Gasteiger partial charge in [-0.15, -0.1) is 0 Å². The van der Waals surface area contributed by atoms with E-state index in [0.29, 0.717) is 18.0 Å². The van der Waals surface area contributed by atoms with Crippen molar-refractivity contribution in [2.75, 3.05) is 11.9 Å². The first kappa shape index (κ1) is 14.8. The number of pyridine rings is 1. The van der Waals surface area contributed by atoms with Gasteiger partial charge in [-0.1, -0.05) is 37.5 Å². The van der Waals surface area contributed by atoms with Crippen LogP contribution < -0.4 is 11.1 Å². The largest absolute Gasteiger partial charge is 0.366 e. The van der Waals surface area contributed by atoms with Crippen molar-refractivity contribution in [2.24, 2.45) is 11.7 Å². The van der Waals surface area contributed by atoms with Gasteiger partial charge in [-0.25, -0.2) is 4.98 Å². The van der Waals surface area contributed by atoms with Crippen LogP contribution in [0.1, 0.15) is 37.7 Å². The first-order valence-corrected chi connectivity index (χ1v) is 8.08. The highest BCUT2D eigenvalue weighted by atomic mass is 15.0. The number of aromatic nitrogens is 1. The lowest BCUT2D eigenvalue weighted by atomic mass is 9.84. The summed E-state index contributed by atoms with van der Waals surface area (Å²) in [5, 5.41) is 13.7. The molecular formula is C18H22N4. The van der Waals surface area contributed by atoms with Crippen LogP contribution in [0.3, 0.4) is 0 Å². The number of hydrogen-bond donors (Lipinski definition) is 2. The van der Waals surface area contributed by atoms with Gasteiger partial charge in [0.05, 0.1) is 17.1 Å². The number of anilines is 1. The SMILES string of the molecule is N#Cc1cc(NC(CN)C2CCCCC2)nc2ccccc12. The summed E-state index contributed by atoms with van der Waals surface area (Å²) in [4.78, 5) is 4.65. The summed E-state index contributed by atoms with van der Waals surface area (Å²) in [6.45, 7) is 0.598. The van der Waals surface area contributed by atoms with Crippen molar-refractivity contribution in [3.63, 3.8) is 0 Å². The number of para-hydroxylation sites is 1. The molecule has 3 N–H and O–H groups in total. The van der Waals surface area contributed by atoms with Crippen LogP contribution >= 0.6 is 0 Å². The molecule has 3 rings (SSSR count). The highest BCUT2D eigenvalue weighted by Crippen LogP contribution is 2.28. The molecule has 0 aliphatic heterocycles. The molecule has 4 nitrogen and oxygen atoms in total. The minimum Gasteiger partial charge on any atom is -0.366 e. The van der Waals surface area contributed by atoms with Crippen LogP contribution in [-0.4, -0.2) is 17.6 Å². The Morgan fingerprint density at radius 2 is 2.05 bits per heavy atom. The fourth-order valence-corrected chi connectivity index (χ4v) is 3.44. The van der Waals surface area contributed by atoms with Crippen LogP contribution in [0, 0.1) is 17.2 Å². The average Bonchev–Trinajstić information content (AvgIpc) is 2.59. The van der Waals surface area contributed by atoms with Crippen LogP contribution in [0.5, 0.6) is 0 Å². The number of benzene rings is 1. The first-order chi connectivity index (χ1) is 10.8. The summed E-state index contributed by atoms with van der Waals surface area (Å²) in [5.41, 5.74) is 7.49. The predicted molar refractivity (Wildman–Crippen MR) is 89.5 cm³/mol. The van der Waals surface area contributed by atoms with Crippen LogP contribution in [-0.2, 0) is 0 Å². The number of nitrogens with two attached hydrogens (primary N) is 1. The summed E-state index contributed by atoms with van der Waals surface area (Å²) in [6.07, 6.45) is 6.37. The van der Waals surface area contributed by atoms with Gasteiger partial charge in [0.1, 0.15) is 5.82 Å².